The number of aromatic nitrogens is 2. The average molecular weight is 326 g/mol. The molecule has 0 saturated heterocycles. The minimum absolute atomic E-state index is 0.126. The number of fused-ring (bicyclic) bond motifs is 1. The molecule has 5 nitrogen and oxygen atoms in total. The zero-order chi connectivity index (χ0) is 16.9. The molecule has 1 aromatic carbocycles. The first-order valence-electron chi connectivity index (χ1n) is 8.88. The first kappa shape index (κ1) is 16.8. The maximum Gasteiger partial charge on any atom is 0.237 e. The Morgan fingerprint density at radius 1 is 1.29 bits per heavy atom. The van der Waals surface area contributed by atoms with E-state index in [2.05, 4.69) is 27.1 Å². The lowest BCUT2D eigenvalue weighted by Crippen LogP contribution is -2.47. The fourth-order valence-corrected chi connectivity index (χ4v) is 3.50. The topological polar surface area (TPSA) is 58.1 Å². The third-order valence-electron chi connectivity index (χ3n) is 4.83. The van der Waals surface area contributed by atoms with Crippen molar-refractivity contribution in [3.05, 3.63) is 36.2 Å². The molecule has 1 aliphatic carbocycles. The summed E-state index contributed by atoms with van der Waals surface area (Å²) in [5.41, 5.74) is 2.69. The van der Waals surface area contributed by atoms with Crippen LogP contribution in [0.2, 0.25) is 0 Å². The summed E-state index contributed by atoms with van der Waals surface area (Å²) in [6, 6.07) is 8.09. The van der Waals surface area contributed by atoms with E-state index in [1.165, 1.54) is 12.8 Å². The molecule has 2 aromatic rings. The van der Waals surface area contributed by atoms with Crippen molar-refractivity contribution < 1.29 is 4.79 Å². The Labute approximate surface area is 143 Å². The number of carbonyl (C=O) groups is 1. The Morgan fingerprint density at radius 3 is 2.71 bits per heavy atom. The number of hydrogen-bond acceptors (Lipinski definition) is 4. The molecule has 1 saturated carbocycles. The quantitative estimate of drug-likeness (QED) is 0.887. The van der Waals surface area contributed by atoms with Gasteiger partial charge in [0.25, 0.3) is 0 Å². The van der Waals surface area contributed by atoms with E-state index in [0.717, 1.165) is 36.0 Å². The van der Waals surface area contributed by atoms with Crippen LogP contribution in [-0.2, 0) is 11.3 Å². The summed E-state index contributed by atoms with van der Waals surface area (Å²) in [5, 5.41) is 3.21. The van der Waals surface area contributed by atoms with Crippen molar-refractivity contribution in [3.8, 4) is 0 Å². The minimum atomic E-state index is -0.126. The van der Waals surface area contributed by atoms with Gasteiger partial charge in [0.05, 0.1) is 29.0 Å². The van der Waals surface area contributed by atoms with Crippen LogP contribution in [0.25, 0.3) is 11.0 Å². The van der Waals surface area contributed by atoms with E-state index in [4.69, 9.17) is 0 Å². The number of benzene rings is 1. The molecule has 0 unspecified atom stereocenters. The van der Waals surface area contributed by atoms with Gasteiger partial charge in [-0.15, -0.1) is 0 Å². The molecule has 24 heavy (non-hydrogen) atoms. The first-order chi connectivity index (χ1) is 11.7. The molecule has 1 N–H and O–H groups in total. The fourth-order valence-electron chi connectivity index (χ4n) is 3.50. The molecular formula is C19H26N4O. The Balaban J connectivity index is 1.66. The second-order valence-electron chi connectivity index (χ2n) is 6.68. The Morgan fingerprint density at radius 2 is 2.00 bits per heavy atom. The monoisotopic (exact) mass is 326 g/mol. The summed E-state index contributed by atoms with van der Waals surface area (Å²) in [4.78, 5) is 23.8. The van der Waals surface area contributed by atoms with Crippen molar-refractivity contribution in [2.45, 2.75) is 57.7 Å². The van der Waals surface area contributed by atoms with E-state index in [9.17, 15) is 4.79 Å². The van der Waals surface area contributed by atoms with Crippen molar-refractivity contribution in [3.63, 3.8) is 0 Å². The van der Waals surface area contributed by atoms with Crippen LogP contribution in [-0.4, -0.2) is 39.9 Å². The highest BCUT2D eigenvalue weighted by Gasteiger charge is 2.25. The number of hydrogen-bond donors (Lipinski definition) is 1. The van der Waals surface area contributed by atoms with E-state index in [0.29, 0.717) is 12.6 Å². The van der Waals surface area contributed by atoms with Crippen LogP contribution in [0, 0.1) is 0 Å². The van der Waals surface area contributed by atoms with Crippen molar-refractivity contribution in [2.75, 3.05) is 7.05 Å². The molecule has 1 heterocycles. The van der Waals surface area contributed by atoms with Gasteiger partial charge in [0, 0.05) is 12.6 Å². The third kappa shape index (κ3) is 3.90. The molecular weight excluding hydrogens is 300 g/mol. The predicted molar refractivity (Wildman–Crippen MR) is 95.5 cm³/mol. The van der Waals surface area contributed by atoms with Crippen LogP contribution in [0.1, 0.15) is 44.7 Å². The fraction of sp³-hybridized carbons (Fsp3) is 0.526. The summed E-state index contributed by atoms with van der Waals surface area (Å²) in [5.74, 6) is 0.139. The molecule has 1 aliphatic rings. The highest BCUT2D eigenvalue weighted by Crippen LogP contribution is 2.18. The predicted octanol–water partition coefficient (Wildman–Crippen LogP) is 2.90. The molecule has 0 radical (unpaired) electrons. The van der Waals surface area contributed by atoms with Crippen molar-refractivity contribution in [1.82, 2.24) is 20.2 Å². The van der Waals surface area contributed by atoms with Gasteiger partial charge in [-0.3, -0.25) is 14.7 Å². The molecule has 1 fully saturated rings. The second kappa shape index (κ2) is 7.71. The number of para-hydroxylation sites is 2. The van der Waals surface area contributed by atoms with Gasteiger partial charge in [0.15, 0.2) is 0 Å². The van der Waals surface area contributed by atoms with Gasteiger partial charge in [-0.25, -0.2) is 4.98 Å². The van der Waals surface area contributed by atoms with Gasteiger partial charge in [-0.1, -0.05) is 31.9 Å². The van der Waals surface area contributed by atoms with Gasteiger partial charge in [0.2, 0.25) is 5.91 Å². The summed E-state index contributed by atoms with van der Waals surface area (Å²) in [6.45, 7) is 2.68. The molecule has 0 spiro atoms. The lowest BCUT2D eigenvalue weighted by atomic mass is 10.1. The molecule has 1 amide bonds. The first-order valence-corrected chi connectivity index (χ1v) is 8.88. The van der Waals surface area contributed by atoms with Crippen LogP contribution in [0.4, 0.5) is 0 Å². The van der Waals surface area contributed by atoms with Crippen LogP contribution >= 0.6 is 0 Å². The van der Waals surface area contributed by atoms with Crippen LogP contribution in [0.5, 0.6) is 0 Å². The van der Waals surface area contributed by atoms with Crippen molar-refractivity contribution >= 4 is 16.9 Å². The molecule has 5 heteroatoms. The number of nitrogens with one attached hydrogen (secondary N) is 1. The molecule has 128 valence electrons. The highest BCUT2D eigenvalue weighted by molar-refractivity contribution is 5.82. The van der Waals surface area contributed by atoms with E-state index in [1.54, 1.807) is 6.20 Å². The molecule has 0 aliphatic heterocycles. The SMILES string of the molecule is CC[C@@H](C(=O)NC1CCCC1)N(C)Cc1cnc2ccccc2n1. The molecule has 0 bridgehead atoms. The summed E-state index contributed by atoms with van der Waals surface area (Å²) >= 11 is 0. The van der Waals surface area contributed by atoms with Crippen LogP contribution in [0.15, 0.2) is 30.5 Å². The summed E-state index contributed by atoms with van der Waals surface area (Å²) in [7, 11) is 1.99. The van der Waals surface area contributed by atoms with Gasteiger partial charge >= 0.3 is 0 Å². The Hall–Kier alpha value is -2.01. The van der Waals surface area contributed by atoms with E-state index in [1.807, 2.05) is 31.3 Å². The standard InChI is InChI=1S/C19H26N4O/c1-3-18(19(24)22-14-8-4-5-9-14)23(2)13-15-12-20-16-10-6-7-11-17(16)21-15/h6-7,10-12,14,18H,3-5,8-9,13H2,1-2H3,(H,22,24)/t18-/m0/s1. The lowest BCUT2D eigenvalue weighted by Gasteiger charge is -2.27. The Kier molecular flexibility index (Phi) is 5.41. The number of carbonyl (C=O) groups excluding carboxylic acids is 1. The number of nitrogens with zero attached hydrogens (tertiary/aromatic N) is 3. The minimum Gasteiger partial charge on any atom is -0.352 e. The van der Waals surface area contributed by atoms with E-state index in [-0.39, 0.29) is 11.9 Å². The smallest absolute Gasteiger partial charge is 0.237 e. The largest absolute Gasteiger partial charge is 0.352 e. The van der Waals surface area contributed by atoms with Gasteiger partial charge in [-0.05, 0) is 38.4 Å². The summed E-state index contributed by atoms with van der Waals surface area (Å²) < 4.78 is 0. The lowest BCUT2D eigenvalue weighted by molar-refractivity contribution is -0.127. The molecule has 1 atom stereocenters. The highest BCUT2D eigenvalue weighted by atomic mass is 16.2. The van der Waals surface area contributed by atoms with Crippen molar-refractivity contribution in [2.24, 2.45) is 0 Å². The van der Waals surface area contributed by atoms with Crippen LogP contribution in [0.3, 0.4) is 0 Å². The number of rotatable bonds is 6. The summed E-state index contributed by atoms with van der Waals surface area (Å²) in [6.07, 6.45) is 7.27. The maximum absolute atomic E-state index is 12.6. The van der Waals surface area contributed by atoms with Gasteiger partial charge in [0.1, 0.15) is 0 Å². The third-order valence-corrected chi connectivity index (χ3v) is 4.83. The van der Waals surface area contributed by atoms with Gasteiger partial charge < -0.3 is 5.32 Å². The maximum atomic E-state index is 12.6. The van der Waals surface area contributed by atoms with E-state index < -0.39 is 0 Å². The van der Waals surface area contributed by atoms with Gasteiger partial charge in [-0.2, -0.15) is 0 Å². The zero-order valence-corrected chi connectivity index (χ0v) is 14.5. The number of likely N-dealkylation sites (N-methyl/N-ethyl adjacent to an activating group) is 1. The zero-order valence-electron chi connectivity index (χ0n) is 14.5. The van der Waals surface area contributed by atoms with Crippen LogP contribution < -0.4 is 5.32 Å². The van der Waals surface area contributed by atoms with E-state index >= 15 is 0 Å². The molecule has 1 aromatic heterocycles. The van der Waals surface area contributed by atoms with Crippen molar-refractivity contribution in [1.29, 1.82) is 0 Å². The Bertz CT molecular complexity index is 697. The molecule has 3 rings (SSSR count). The number of amides is 1. The average Bonchev–Trinajstić information content (AvgIpc) is 3.08. The normalized spacial score (nSPS) is 16.6. The second-order valence-corrected chi connectivity index (χ2v) is 6.68.